The van der Waals surface area contributed by atoms with Crippen molar-refractivity contribution in [3.63, 3.8) is 0 Å². The van der Waals surface area contributed by atoms with Crippen LogP contribution in [-0.4, -0.2) is 49.6 Å². The lowest BCUT2D eigenvalue weighted by Crippen LogP contribution is -2.49. The summed E-state index contributed by atoms with van der Waals surface area (Å²) in [5, 5.41) is 6.75. The van der Waals surface area contributed by atoms with E-state index >= 15 is 0 Å². The van der Waals surface area contributed by atoms with Crippen LogP contribution in [0, 0.1) is 0 Å². The summed E-state index contributed by atoms with van der Waals surface area (Å²) in [6.07, 6.45) is 4.02. The molecule has 0 spiro atoms. The van der Waals surface area contributed by atoms with Gasteiger partial charge in [0, 0.05) is 25.7 Å². The number of nitrogens with zero attached hydrogens (tertiary/aromatic N) is 2. The van der Waals surface area contributed by atoms with E-state index in [4.69, 9.17) is 0 Å². The van der Waals surface area contributed by atoms with Gasteiger partial charge >= 0.3 is 0 Å². The molecule has 1 fully saturated rings. The van der Waals surface area contributed by atoms with Crippen LogP contribution in [0.25, 0.3) is 0 Å². The zero-order chi connectivity index (χ0) is 12.7. The van der Waals surface area contributed by atoms with E-state index in [2.05, 4.69) is 41.3 Å². The lowest BCUT2D eigenvalue weighted by atomic mass is 10.0. The van der Waals surface area contributed by atoms with E-state index in [-0.39, 0.29) is 24.0 Å². The van der Waals surface area contributed by atoms with Crippen LogP contribution in [-0.2, 0) is 0 Å². The lowest BCUT2D eigenvalue weighted by molar-refractivity contribution is 0.157. The van der Waals surface area contributed by atoms with Crippen LogP contribution in [0.15, 0.2) is 4.99 Å². The number of halogens is 1. The lowest BCUT2D eigenvalue weighted by Gasteiger charge is -2.35. The highest BCUT2D eigenvalue weighted by Crippen LogP contribution is 2.15. The molecule has 1 unspecified atom stereocenters. The Morgan fingerprint density at radius 3 is 2.67 bits per heavy atom. The van der Waals surface area contributed by atoms with Crippen molar-refractivity contribution in [2.24, 2.45) is 4.99 Å². The fourth-order valence-corrected chi connectivity index (χ4v) is 2.39. The van der Waals surface area contributed by atoms with E-state index in [0.29, 0.717) is 12.1 Å². The highest BCUT2D eigenvalue weighted by atomic mass is 127. The molecule has 0 aliphatic carbocycles. The van der Waals surface area contributed by atoms with Crippen LogP contribution >= 0.6 is 24.0 Å². The van der Waals surface area contributed by atoms with Gasteiger partial charge in [0.25, 0.3) is 0 Å². The summed E-state index contributed by atoms with van der Waals surface area (Å²) in [5.74, 6) is 0.918. The van der Waals surface area contributed by atoms with Gasteiger partial charge in [-0.1, -0.05) is 13.3 Å². The van der Waals surface area contributed by atoms with E-state index in [9.17, 15) is 0 Å². The van der Waals surface area contributed by atoms with Gasteiger partial charge in [-0.15, -0.1) is 24.0 Å². The fourth-order valence-electron chi connectivity index (χ4n) is 2.39. The maximum absolute atomic E-state index is 4.24. The first-order valence-corrected chi connectivity index (χ1v) is 6.88. The molecule has 108 valence electrons. The number of hydrogen-bond donors (Lipinski definition) is 2. The molecule has 4 nitrogen and oxygen atoms in total. The molecule has 1 heterocycles. The Labute approximate surface area is 129 Å². The quantitative estimate of drug-likeness (QED) is 0.453. The molecule has 1 aliphatic rings. The molecule has 0 saturated carbocycles. The Balaban J connectivity index is 0.00000289. The summed E-state index contributed by atoms with van der Waals surface area (Å²) < 4.78 is 0. The van der Waals surface area contributed by atoms with Crippen LogP contribution < -0.4 is 10.6 Å². The molecule has 0 bridgehead atoms. The monoisotopic (exact) mass is 368 g/mol. The summed E-state index contributed by atoms with van der Waals surface area (Å²) >= 11 is 0. The number of nitrogens with one attached hydrogen (secondary N) is 2. The molecule has 2 N–H and O–H groups in total. The second-order valence-electron chi connectivity index (χ2n) is 5.03. The van der Waals surface area contributed by atoms with E-state index in [1.165, 1.54) is 25.8 Å². The van der Waals surface area contributed by atoms with E-state index in [1.54, 1.807) is 0 Å². The molecule has 1 aliphatic heterocycles. The third kappa shape index (κ3) is 6.22. The Morgan fingerprint density at radius 2 is 2.11 bits per heavy atom. The van der Waals surface area contributed by atoms with Gasteiger partial charge in [0.1, 0.15) is 0 Å². The van der Waals surface area contributed by atoms with Crippen LogP contribution in [0.4, 0.5) is 0 Å². The largest absolute Gasteiger partial charge is 0.355 e. The van der Waals surface area contributed by atoms with Gasteiger partial charge in [0.2, 0.25) is 0 Å². The van der Waals surface area contributed by atoms with Crippen molar-refractivity contribution in [3.05, 3.63) is 0 Å². The molecule has 0 aromatic carbocycles. The second kappa shape index (κ2) is 9.83. The molecule has 0 aromatic rings. The third-order valence-electron chi connectivity index (χ3n) is 3.31. The number of piperidine rings is 1. The van der Waals surface area contributed by atoms with E-state index < -0.39 is 0 Å². The van der Waals surface area contributed by atoms with E-state index in [1.807, 2.05) is 7.05 Å². The average molecular weight is 368 g/mol. The minimum atomic E-state index is 0. The summed E-state index contributed by atoms with van der Waals surface area (Å²) in [5.41, 5.74) is 0. The standard InChI is InChI=1S/C13H28N4.HI/c1-5-17-9-7-6-8-12(17)10-15-13(14-4)16-11(2)3;/h11-12H,5-10H2,1-4H3,(H2,14,15,16);1H. The van der Waals surface area contributed by atoms with Crippen molar-refractivity contribution in [2.45, 2.75) is 52.1 Å². The molecular formula is C13H29IN4. The van der Waals surface area contributed by atoms with E-state index in [0.717, 1.165) is 19.0 Å². The van der Waals surface area contributed by atoms with Gasteiger partial charge in [-0.05, 0) is 39.8 Å². The highest BCUT2D eigenvalue weighted by Gasteiger charge is 2.20. The minimum absolute atomic E-state index is 0. The number of aliphatic imine (C=N–C) groups is 1. The number of rotatable bonds is 4. The van der Waals surface area contributed by atoms with Gasteiger partial charge in [0.15, 0.2) is 5.96 Å². The summed E-state index contributed by atoms with van der Waals surface area (Å²) in [7, 11) is 1.83. The van der Waals surface area contributed by atoms with Gasteiger partial charge in [-0.2, -0.15) is 0 Å². The molecule has 0 radical (unpaired) electrons. The molecule has 0 amide bonds. The molecule has 1 saturated heterocycles. The first kappa shape index (κ1) is 18.0. The molecular weight excluding hydrogens is 339 g/mol. The summed E-state index contributed by atoms with van der Waals surface area (Å²) in [4.78, 5) is 6.81. The van der Waals surface area contributed by atoms with Crippen molar-refractivity contribution in [1.29, 1.82) is 0 Å². The molecule has 5 heteroatoms. The minimum Gasteiger partial charge on any atom is -0.355 e. The van der Waals surface area contributed by atoms with Crippen molar-refractivity contribution in [3.8, 4) is 0 Å². The first-order chi connectivity index (χ1) is 8.17. The van der Waals surface area contributed by atoms with Crippen molar-refractivity contribution in [1.82, 2.24) is 15.5 Å². The summed E-state index contributed by atoms with van der Waals surface area (Å²) in [6, 6.07) is 1.09. The van der Waals surface area contributed by atoms with Gasteiger partial charge in [-0.3, -0.25) is 9.89 Å². The van der Waals surface area contributed by atoms with Crippen LogP contribution in [0.3, 0.4) is 0 Å². The first-order valence-electron chi connectivity index (χ1n) is 6.88. The SMILES string of the molecule is CCN1CCCCC1CNC(=NC)NC(C)C.I. The topological polar surface area (TPSA) is 39.7 Å². The van der Waals surface area contributed by atoms with Crippen molar-refractivity contribution >= 4 is 29.9 Å². The van der Waals surface area contributed by atoms with Crippen molar-refractivity contribution in [2.75, 3.05) is 26.7 Å². The smallest absolute Gasteiger partial charge is 0.191 e. The van der Waals surface area contributed by atoms with Gasteiger partial charge < -0.3 is 10.6 Å². The molecule has 1 rings (SSSR count). The number of likely N-dealkylation sites (N-methyl/N-ethyl adjacent to an activating group) is 1. The number of likely N-dealkylation sites (tertiary alicyclic amines) is 1. The van der Waals surface area contributed by atoms with Crippen LogP contribution in [0.2, 0.25) is 0 Å². The fraction of sp³-hybridized carbons (Fsp3) is 0.923. The van der Waals surface area contributed by atoms with Gasteiger partial charge in [-0.25, -0.2) is 0 Å². The summed E-state index contributed by atoms with van der Waals surface area (Å²) in [6.45, 7) is 9.92. The molecule has 1 atom stereocenters. The zero-order valence-electron chi connectivity index (χ0n) is 12.2. The second-order valence-corrected chi connectivity index (χ2v) is 5.03. The average Bonchev–Trinajstić information content (AvgIpc) is 2.34. The van der Waals surface area contributed by atoms with Gasteiger partial charge in [0.05, 0.1) is 0 Å². The predicted molar refractivity (Wildman–Crippen MR) is 89.9 cm³/mol. The number of guanidine groups is 1. The number of hydrogen-bond acceptors (Lipinski definition) is 2. The molecule has 18 heavy (non-hydrogen) atoms. The Kier molecular flexibility index (Phi) is 9.81. The highest BCUT2D eigenvalue weighted by molar-refractivity contribution is 14.0. The van der Waals surface area contributed by atoms with Crippen molar-refractivity contribution < 1.29 is 0 Å². The third-order valence-corrected chi connectivity index (χ3v) is 3.31. The predicted octanol–water partition coefficient (Wildman–Crippen LogP) is 2.05. The Morgan fingerprint density at radius 1 is 1.39 bits per heavy atom. The zero-order valence-corrected chi connectivity index (χ0v) is 14.5. The Hall–Kier alpha value is -0.0400. The maximum Gasteiger partial charge on any atom is 0.191 e. The van der Waals surface area contributed by atoms with Crippen LogP contribution in [0.5, 0.6) is 0 Å². The normalized spacial score (nSPS) is 21.6. The Bertz CT molecular complexity index is 243. The van der Waals surface area contributed by atoms with Crippen LogP contribution in [0.1, 0.15) is 40.0 Å². The molecule has 0 aromatic heterocycles. The maximum atomic E-state index is 4.24.